The molecule has 21 heavy (non-hydrogen) atoms. The van der Waals surface area contributed by atoms with E-state index in [1.54, 1.807) is 12.2 Å². The highest BCUT2D eigenvalue weighted by atomic mass is 32.2. The van der Waals surface area contributed by atoms with Gasteiger partial charge in [-0.15, -0.1) is 0 Å². The van der Waals surface area contributed by atoms with E-state index in [0.717, 1.165) is 0 Å². The number of anilines is 1. The molecule has 5 N–H and O–H groups in total. The normalized spacial score (nSPS) is 34.0. The highest BCUT2D eigenvalue weighted by Crippen LogP contribution is 2.56. The summed E-state index contributed by atoms with van der Waals surface area (Å²) >= 11 is 1.18. The van der Waals surface area contributed by atoms with Gasteiger partial charge in [-0.05, 0) is 18.2 Å². The number of thioether (sulfide) groups is 1. The highest BCUT2D eigenvalue weighted by Gasteiger charge is 2.58. The molecule has 1 aromatic rings. The van der Waals surface area contributed by atoms with Crippen molar-refractivity contribution in [2.24, 2.45) is 16.6 Å². The predicted octanol–water partition coefficient (Wildman–Crippen LogP) is 1.55. The molecule has 2 aliphatic rings. The van der Waals surface area contributed by atoms with Gasteiger partial charge in [-0.3, -0.25) is 0 Å². The number of fused-ring (bicyclic) bond motifs is 1. The number of benzene rings is 1. The van der Waals surface area contributed by atoms with Crippen LogP contribution in [0.2, 0.25) is 0 Å². The molecule has 3 atom stereocenters. The van der Waals surface area contributed by atoms with E-state index in [0.29, 0.717) is 5.69 Å². The smallest absolute Gasteiger partial charge is 0.155 e. The second-order valence-electron chi connectivity index (χ2n) is 5.30. The van der Waals surface area contributed by atoms with Crippen molar-refractivity contribution in [2.75, 3.05) is 19.0 Å². The highest BCUT2D eigenvalue weighted by molar-refractivity contribution is 8.15. The minimum absolute atomic E-state index is 0.0698. The maximum atomic E-state index is 14.2. The van der Waals surface area contributed by atoms with Gasteiger partial charge in [0.1, 0.15) is 18.0 Å². The number of nitrogen functional groups attached to an aromatic ring is 1. The summed E-state index contributed by atoms with van der Waals surface area (Å²) in [6, 6.07) is 3.99. The molecule has 4 nitrogen and oxygen atoms in total. The Morgan fingerprint density at radius 3 is 2.71 bits per heavy atom. The predicted molar refractivity (Wildman–Crippen MR) is 80.1 cm³/mol. The van der Waals surface area contributed by atoms with Gasteiger partial charge in [-0.1, -0.05) is 23.9 Å². The molecule has 0 radical (unpaired) electrons. The van der Waals surface area contributed by atoms with E-state index in [4.69, 9.17) is 11.5 Å². The van der Waals surface area contributed by atoms with Crippen LogP contribution < -0.4 is 11.5 Å². The lowest BCUT2D eigenvalue weighted by molar-refractivity contribution is 0.150. The van der Waals surface area contributed by atoms with Crippen LogP contribution in [0.3, 0.4) is 0 Å². The first-order valence-corrected chi connectivity index (χ1v) is 7.25. The number of aliphatic hydroxyl groups excluding tert-OH is 1. The molecule has 0 amide bonds. The molecule has 0 bridgehead atoms. The number of nitrogens with zero attached hydrogens (tertiary/aromatic N) is 1. The van der Waals surface area contributed by atoms with Crippen LogP contribution in [-0.2, 0) is 5.54 Å². The molecule has 1 aliphatic carbocycles. The van der Waals surface area contributed by atoms with E-state index in [9.17, 15) is 13.9 Å². The molecule has 0 saturated carbocycles. The summed E-state index contributed by atoms with van der Waals surface area (Å²) in [5, 5.41) is 9.79. The zero-order valence-corrected chi connectivity index (χ0v) is 11.9. The number of hydrogen-bond acceptors (Lipinski definition) is 5. The molecular weight excluding hydrogens is 296 g/mol. The zero-order valence-electron chi connectivity index (χ0n) is 11.1. The zero-order chi connectivity index (χ0) is 15.3. The van der Waals surface area contributed by atoms with Gasteiger partial charge < -0.3 is 16.6 Å². The molecule has 0 saturated heterocycles. The number of rotatable bonds is 3. The Morgan fingerprint density at radius 2 is 2.14 bits per heavy atom. The van der Waals surface area contributed by atoms with Crippen molar-refractivity contribution in [1.29, 1.82) is 0 Å². The Balaban J connectivity index is 2.22. The summed E-state index contributed by atoms with van der Waals surface area (Å²) in [6.07, 6.45) is 3.50. The molecule has 3 rings (SSSR count). The largest absolute Gasteiger partial charge is 0.399 e. The summed E-state index contributed by atoms with van der Waals surface area (Å²) in [4.78, 5) is 4.20. The third-order valence-corrected chi connectivity index (χ3v) is 5.32. The lowest BCUT2D eigenvalue weighted by Gasteiger charge is -2.52. The number of nitrogens with two attached hydrogens (primary N) is 2. The number of hydrogen-bond donors (Lipinski definition) is 3. The minimum Gasteiger partial charge on any atom is -0.399 e. The second kappa shape index (κ2) is 4.71. The number of halogens is 2. The van der Waals surface area contributed by atoms with Crippen LogP contribution in [0.5, 0.6) is 0 Å². The number of aliphatic imine (C=N–C) groups is 1. The fourth-order valence-electron chi connectivity index (χ4n) is 3.02. The Labute approximate surface area is 124 Å². The average Bonchev–Trinajstić information content (AvgIpc) is 2.44. The third kappa shape index (κ3) is 1.87. The van der Waals surface area contributed by atoms with Gasteiger partial charge >= 0.3 is 0 Å². The van der Waals surface area contributed by atoms with E-state index in [1.807, 2.05) is 0 Å². The van der Waals surface area contributed by atoms with Crippen LogP contribution in [0.25, 0.3) is 0 Å². The Bertz CT molecular complexity index is 651. The molecule has 1 unspecified atom stereocenters. The van der Waals surface area contributed by atoms with Crippen molar-refractivity contribution in [3.05, 3.63) is 41.7 Å². The van der Waals surface area contributed by atoms with Gasteiger partial charge in [0.2, 0.25) is 0 Å². The second-order valence-corrected chi connectivity index (χ2v) is 6.68. The standard InChI is InChI=1S/C14H15F2N3OS/c15-6-14(9-5-8(17)1-2-10(9)16)11-3-4-13(11,7-20)21-12(18)19-14/h1-5,11,20H,6-7,17H2,(H2,18,19)/t11?,13-,14+/m0/s1. The van der Waals surface area contributed by atoms with Crippen LogP contribution in [0.4, 0.5) is 14.5 Å². The van der Waals surface area contributed by atoms with Crippen molar-refractivity contribution >= 4 is 22.6 Å². The van der Waals surface area contributed by atoms with Gasteiger partial charge in [-0.2, -0.15) is 0 Å². The monoisotopic (exact) mass is 311 g/mol. The number of aliphatic hydroxyl groups is 1. The SMILES string of the molecule is NC1=N[C@](CF)(c2cc(N)ccc2F)C2C=C[C@@]2(CO)S1. The van der Waals surface area contributed by atoms with Crippen molar-refractivity contribution in [2.45, 2.75) is 10.3 Å². The van der Waals surface area contributed by atoms with Gasteiger partial charge in [0.25, 0.3) is 0 Å². The topological polar surface area (TPSA) is 84.6 Å². The lowest BCUT2D eigenvalue weighted by Crippen LogP contribution is -2.58. The van der Waals surface area contributed by atoms with Crippen LogP contribution in [0.1, 0.15) is 5.56 Å². The molecule has 1 heterocycles. The van der Waals surface area contributed by atoms with Gasteiger partial charge in [0.05, 0.1) is 11.4 Å². The maximum Gasteiger partial charge on any atom is 0.155 e. The summed E-state index contributed by atoms with van der Waals surface area (Å²) in [7, 11) is 0. The van der Waals surface area contributed by atoms with Gasteiger partial charge in [0, 0.05) is 17.2 Å². The molecule has 112 valence electrons. The fourth-order valence-corrected chi connectivity index (χ4v) is 4.23. The van der Waals surface area contributed by atoms with Crippen molar-refractivity contribution in [3.8, 4) is 0 Å². The first-order chi connectivity index (χ1) is 9.97. The van der Waals surface area contributed by atoms with Crippen LogP contribution >= 0.6 is 11.8 Å². The lowest BCUT2D eigenvalue weighted by atomic mass is 9.66. The third-order valence-electron chi connectivity index (χ3n) is 4.12. The fraction of sp³-hybridized carbons (Fsp3) is 0.357. The molecular formula is C14H15F2N3OS. The quantitative estimate of drug-likeness (QED) is 0.584. The van der Waals surface area contributed by atoms with E-state index in [-0.39, 0.29) is 17.3 Å². The van der Waals surface area contributed by atoms with Crippen molar-refractivity contribution in [3.63, 3.8) is 0 Å². The molecule has 0 aromatic heterocycles. The summed E-state index contributed by atoms with van der Waals surface area (Å²) < 4.78 is 27.5. The average molecular weight is 311 g/mol. The molecule has 0 spiro atoms. The van der Waals surface area contributed by atoms with E-state index in [2.05, 4.69) is 4.99 Å². The van der Waals surface area contributed by atoms with Crippen LogP contribution in [0, 0.1) is 11.7 Å². The van der Waals surface area contributed by atoms with E-state index < -0.39 is 28.7 Å². The van der Waals surface area contributed by atoms with E-state index >= 15 is 0 Å². The summed E-state index contributed by atoms with van der Waals surface area (Å²) in [5.41, 5.74) is 10.4. The molecule has 0 fully saturated rings. The molecule has 1 aromatic carbocycles. The Morgan fingerprint density at radius 1 is 1.38 bits per heavy atom. The first-order valence-electron chi connectivity index (χ1n) is 6.43. The minimum atomic E-state index is -1.48. The maximum absolute atomic E-state index is 14.2. The van der Waals surface area contributed by atoms with E-state index in [1.165, 1.54) is 30.0 Å². The van der Waals surface area contributed by atoms with Crippen LogP contribution in [-0.4, -0.2) is 28.3 Å². The first kappa shape index (κ1) is 14.3. The molecule has 1 aliphatic heterocycles. The van der Waals surface area contributed by atoms with Crippen molar-refractivity contribution in [1.82, 2.24) is 0 Å². The number of amidine groups is 1. The Hall–Kier alpha value is -1.60. The van der Waals surface area contributed by atoms with Gasteiger partial charge in [0.15, 0.2) is 5.17 Å². The van der Waals surface area contributed by atoms with Crippen LogP contribution in [0.15, 0.2) is 35.3 Å². The van der Waals surface area contributed by atoms with Gasteiger partial charge in [-0.25, -0.2) is 13.8 Å². The summed E-state index contributed by atoms with van der Waals surface area (Å²) in [5.74, 6) is -1.06. The number of alkyl halides is 1. The molecule has 7 heteroatoms. The summed E-state index contributed by atoms with van der Waals surface area (Å²) in [6.45, 7) is -1.15. The van der Waals surface area contributed by atoms with Crippen molar-refractivity contribution < 1.29 is 13.9 Å². The Kier molecular flexibility index (Phi) is 3.22.